The van der Waals surface area contributed by atoms with Crippen LogP contribution in [-0.2, 0) is 0 Å². The van der Waals surface area contributed by atoms with Crippen LogP contribution in [0.5, 0.6) is 0 Å². The number of anilines is 1. The molecule has 106 valence electrons. The van der Waals surface area contributed by atoms with Crippen LogP contribution in [-0.4, -0.2) is 4.98 Å². The quantitative estimate of drug-likeness (QED) is 0.675. The first-order chi connectivity index (χ1) is 10.1. The Kier molecular flexibility index (Phi) is 3.38. The average molecular weight is 276 g/mol. The molecule has 1 aromatic heterocycles. The molecule has 0 saturated carbocycles. The molecule has 2 N–H and O–H groups in total. The number of aromatic nitrogens is 1. The van der Waals surface area contributed by atoms with E-state index in [1.54, 1.807) is 0 Å². The van der Waals surface area contributed by atoms with E-state index in [9.17, 15) is 0 Å². The van der Waals surface area contributed by atoms with Crippen LogP contribution in [0.3, 0.4) is 0 Å². The van der Waals surface area contributed by atoms with Crippen molar-refractivity contribution in [2.24, 2.45) is 0 Å². The number of hydrogen-bond acceptors (Lipinski definition) is 2. The number of nitrogen functional groups attached to an aromatic ring is 1. The van der Waals surface area contributed by atoms with Gasteiger partial charge in [0.15, 0.2) is 0 Å². The molecule has 0 aliphatic rings. The number of pyridine rings is 1. The van der Waals surface area contributed by atoms with Crippen molar-refractivity contribution in [1.29, 1.82) is 0 Å². The monoisotopic (exact) mass is 276 g/mol. The van der Waals surface area contributed by atoms with Crippen LogP contribution in [0.25, 0.3) is 21.9 Å². The summed E-state index contributed by atoms with van der Waals surface area (Å²) >= 11 is 0. The molecule has 0 bridgehead atoms. The topological polar surface area (TPSA) is 38.9 Å². The second-order valence-corrected chi connectivity index (χ2v) is 5.80. The number of benzene rings is 2. The van der Waals surface area contributed by atoms with Crippen molar-refractivity contribution < 1.29 is 0 Å². The molecule has 0 amide bonds. The minimum absolute atomic E-state index is 0.543. The molecule has 2 heteroatoms. The summed E-state index contributed by atoms with van der Waals surface area (Å²) in [6, 6.07) is 14.8. The largest absolute Gasteiger partial charge is 0.398 e. The summed E-state index contributed by atoms with van der Waals surface area (Å²) in [6.07, 6.45) is 1.87. The molecule has 0 aliphatic heterocycles. The van der Waals surface area contributed by atoms with Crippen LogP contribution >= 0.6 is 0 Å². The van der Waals surface area contributed by atoms with E-state index < -0.39 is 0 Å². The Bertz CT molecular complexity index is 787. The van der Waals surface area contributed by atoms with Gasteiger partial charge < -0.3 is 5.73 Å². The van der Waals surface area contributed by atoms with E-state index in [1.807, 2.05) is 25.3 Å². The second-order valence-electron chi connectivity index (χ2n) is 5.80. The molecule has 1 heterocycles. The van der Waals surface area contributed by atoms with Gasteiger partial charge in [-0.2, -0.15) is 0 Å². The maximum atomic E-state index is 6.08. The first-order valence-corrected chi connectivity index (χ1v) is 7.32. The maximum Gasteiger partial charge on any atom is 0.0457 e. The maximum absolute atomic E-state index is 6.08. The van der Waals surface area contributed by atoms with Crippen molar-refractivity contribution in [3.63, 3.8) is 0 Å². The molecule has 0 fully saturated rings. The van der Waals surface area contributed by atoms with E-state index in [2.05, 4.69) is 49.2 Å². The lowest BCUT2D eigenvalue weighted by Gasteiger charge is -2.12. The number of nitrogens with zero attached hydrogens (tertiary/aromatic N) is 1. The van der Waals surface area contributed by atoms with Crippen LogP contribution in [0.1, 0.15) is 31.0 Å². The molecule has 0 aliphatic carbocycles. The van der Waals surface area contributed by atoms with Crippen molar-refractivity contribution in [2.45, 2.75) is 26.7 Å². The SMILES string of the molecule is Cc1ncc2c(N)cccc2c1-c1ccc(C(C)C)cc1. The normalized spacial score (nSPS) is 11.2. The lowest BCUT2D eigenvalue weighted by Crippen LogP contribution is -1.94. The predicted octanol–water partition coefficient (Wildman–Crippen LogP) is 4.92. The van der Waals surface area contributed by atoms with Gasteiger partial charge in [0.1, 0.15) is 0 Å². The number of fused-ring (bicyclic) bond motifs is 1. The van der Waals surface area contributed by atoms with Gasteiger partial charge in [-0.1, -0.05) is 50.2 Å². The van der Waals surface area contributed by atoms with Crippen molar-refractivity contribution in [3.05, 3.63) is 59.9 Å². The van der Waals surface area contributed by atoms with Gasteiger partial charge in [-0.05, 0) is 35.4 Å². The Morgan fingerprint density at radius 1 is 0.952 bits per heavy atom. The number of nitrogens with two attached hydrogens (primary N) is 1. The zero-order chi connectivity index (χ0) is 15.0. The highest BCUT2D eigenvalue weighted by Crippen LogP contribution is 2.33. The summed E-state index contributed by atoms with van der Waals surface area (Å²) < 4.78 is 0. The summed E-state index contributed by atoms with van der Waals surface area (Å²) in [7, 11) is 0. The Morgan fingerprint density at radius 3 is 2.33 bits per heavy atom. The molecule has 0 radical (unpaired) electrons. The third-order valence-corrected chi connectivity index (χ3v) is 4.02. The van der Waals surface area contributed by atoms with E-state index >= 15 is 0 Å². The van der Waals surface area contributed by atoms with Crippen LogP contribution in [0.2, 0.25) is 0 Å². The van der Waals surface area contributed by atoms with Crippen molar-refractivity contribution in [1.82, 2.24) is 4.98 Å². The molecular formula is C19H20N2. The molecule has 2 aromatic carbocycles. The first kappa shape index (κ1) is 13.6. The number of hydrogen-bond donors (Lipinski definition) is 1. The fourth-order valence-electron chi connectivity index (χ4n) is 2.77. The van der Waals surface area contributed by atoms with E-state index in [0.717, 1.165) is 16.8 Å². The lowest BCUT2D eigenvalue weighted by atomic mass is 9.94. The zero-order valence-corrected chi connectivity index (χ0v) is 12.7. The van der Waals surface area contributed by atoms with E-state index in [4.69, 9.17) is 5.73 Å². The fourth-order valence-corrected chi connectivity index (χ4v) is 2.77. The molecule has 0 atom stereocenters. The summed E-state index contributed by atoms with van der Waals surface area (Å²) in [5.41, 5.74) is 11.6. The van der Waals surface area contributed by atoms with Gasteiger partial charge in [0, 0.05) is 28.5 Å². The zero-order valence-electron chi connectivity index (χ0n) is 12.7. The van der Waals surface area contributed by atoms with E-state index in [0.29, 0.717) is 5.92 Å². The highest BCUT2D eigenvalue weighted by molar-refractivity contribution is 6.02. The van der Waals surface area contributed by atoms with Crippen LogP contribution in [0.15, 0.2) is 48.7 Å². The molecule has 0 saturated heterocycles. The average Bonchev–Trinajstić information content (AvgIpc) is 2.47. The summed E-state index contributed by atoms with van der Waals surface area (Å²) in [5, 5.41) is 2.19. The lowest BCUT2D eigenvalue weighted by molar-refractivity contribution is 0.867. The van der Waals surface area contributed by atoms with Crippen LogP contribution in [0.4, 0.5) is 5.69 Å². The van der Waals surface area contributed by atoms with Gasteiger partial charge in [-0.3, -0.25) is 4.98 Å². The Hall–Kier alpha value is -2.35. The Morgan fingerprint density at radius 2 is 1.67 bits per heavy atom. The highest BCUT2D eigenvalue weighted by atomic mass is 14.7. The molecule has 0 unspecified atom stereocenters. The van der Waals surface area contributed by atoms with Gasteiger partial charge in [-0.25, -0.2) is 0 Å². The van der Waals surface area contributed by atoms with E-state index in [1.165, 1.54) is 22.1 Å². The first-order valence-electron chi connectivity index (χ1n) is 7.32. The highest BCUT2D eigenvalue weighted by Gasteiger charge is 2.10. The smallest absolute Gasteiger partial charge is 0.0457 e. The Labute approximate surface area is 125 Å². The van der Waals surface area contributed by atoms with Gasteiger partial charge >= 0.3 is 0 Å². The molecule has 3 aromatic rings. The third kappa shape index (κ3) is 2.38. The van der Waals surface area contributed by atoms with Crippen molar-refractivity contribution in [2.75, 3.05) is 5.73 Å². The Balaban J connectivity index is 2.24. The number of aryl methyl sites for hydroxylation is 1. The van der Waals surface area contributed by atoms with Gasteiger partial charge in [0.25, 0.3) is 0 Å². The van der Waals surface area contributed by atoms with Crippen molar-refractivity contribution >= 4 is 16.5 Å². The molecular weight excluding hydrogens is 256 g/mol. The van der Waals surface area contributed by atoms with Crippen LogP contribution in [0, 0.1) is 6.92 Å². The van der Waals surface area contributed by atoms with Gasteiger partial charge in [0.2, 0.25) is 0 Å². The van der Waals surface area contributed by atoms with Gasteiger partial charge in [-0.15, -0.1) is 0 Å². The van der Waals surface area contributed by atoms with Gasteiger partial charge in [0.05, 0.1) is 0 Å². The standard InChI is InChI=1S/C19H20N2/c1-12(2)14-7-9-15(10-8-14)19-13(3)21-11-17-16(19)5-4-6-18(17)20/h4-12H,20H2,1-3H3. The summed E-state index contributed by atoms with van der Waals surface area (Å²) in [6.45, 7) is 6.47. The number of rotatable bonds is 2. The summed E-state index contributed by atoms with van der Waals surface area (Å²) in [5.74, 6) is 0.543. The molecule has 2 nitrogen and oxygen atoms in total. The fraction of sp³-hybridized carbons (Fsp3) is 0.211. The second kappa shape index (κ2) is 5.21. The molecule has 21 heavy (non-hydrogen) atoms. The predicted molar refractivity (Wildman–Crippen MR) is 90.4 cm³/mol. The molecule has 0 spiro atoms. The van der Waals surface area contributed by atoms with Crippen LogP contribution < -0.4 is 5.73 Å². The van der Waals surface area contributed by atoms with E-state index in [-0.39, 0.29) is 0 Å². The molecule has 3 rings (SSSR count). The van der Waals surface area contributed by atoms with Crippen molar-refractivity contribution in [3.8, 4) is 11.1 Å². The minimum atomic E-state index is 0.543. The summed E-state index contributed by atoms with van der Waals surface area (Å²) in [4.78, 5) is 4.52. The third-order valence-electron chi connectivity index (χ3n) is 4.02. The minimum Gasteiger partial charge on any atom is -0.398 e.